The fraction of sp³-hybridized carbons (Fsp3) is 0.436. The Morgan fingerprint density at radius 1 is 1.00 bits per heavy atom. The van der Waals surface area contributed by atoms with Crippen molar-refractivity contribution in [2.75, 3.05) is 13.1 Å². The molecule has 5 heteroatoms. The zero-order chi connectivity index (χ0) is 30.9. The van der Waals surface area contributed by atoms with Gasteiger partial charge in [-0.2, -0.15) is 0 Å². The molecule has 1 amide bonds. The maximum atomic E-state index is 14.4. The van der Waals surface area contributed by atoms with E-state index in [2.05, 4.69) is 51.1 Å². The molecule has 0 unspecified atom stereocenters. The Bertz CT molecular complexity index is 1540. The van der Waals surface area contributed by atoms with E-state index in [1.165, 1.54) is 5.57 Å². The third kappa shape index (κ3) is 5.63. The minimum absolute atomic E-state index is 0.00175. The molecule has 1 saturated carbocycles. The molecule has 1 saturated heterocycles. The minimum atomic E-state index is -0.588. The van der Waals surface area contributed by atoms with Gasteiger partial charge in [-0.25, -0.2) is 4.79 Å². The molecular formula is C39H45NO4. The first-order valence-electron chi connectivity index (χ1n) is 16.4. The van der Waals surface area contributed by atoms with Crippen LogP contribution in [0.4, 0.5) is 4.79 Å². The summed E-state index contributed by atoms with van der Waals surface area (Å²) in [5.41, 5.74) is 5.89. The lowest BCUT2D eigenvalue weighted by atomic mass is 9.64. The molecule has 2 bridgehead atoms. The summed E-state index contributed by atoms with van der Waals surface area (Å²) >= 11 is 0. The molecule has 44 heavy (non-hydrogen) atoms. The standard InChI is InChI=1S/C39H45NO4/c1-4-23-40-26-39(44-37(40)43)22-20-35-33-19-13-28(24-32(41)18-12-27(2)9-8-21-38(35,39)3)25-34(33)36(42)31-16-14-30(15-17-31)29-10-6-5-7-11-29/h5-7,9-11,13-17,19,25,32,35,41H,4,8,12,18,20-24,26H2,1-3H3/t32-,35-,38-,39+/m0/s1. The van der Waals surface area contributed by atoms with E-state index in [-0.39, 0.29) is 23.2 Å². The first kappa shape index (κ1) is 30.3. The largest absolute Gasteiger partial charge is 0.440 e. The molecule has 3 aromatic carbocycles. The van der Waals surface area contributed by atoms with Gasteiger partial charge in [-0.15, -0.1) is 0 Å². The summed E-state index contributed by atoms with van der Waals surface area (Å²) in [4.78, 5) is 29.4. The second-order valence-corrected chi connectivity index (χ2v) is 13.5. The van der Waals surface area contributed by atoms with Crippen LogP contribution in [0.3, 0.4) is 0 Å². The van der Waals surface area contributed by atoms with Crippen molar-refractivity contribution < 1.29 is 19.4 Å². The lowest BCUT2D eigenvalue weighted by molar-refractivity contribution is -0.0373. The lowest BCUT2D eigenvalue weighted by Gasteiger charge is -2.43. The third-order valence-electron chi connectivity index (χ3n) is 10.6. The van der Waals surface area contributed by atoms with Crippen LogP contribution in [0.2, 0.25) is 0 Å². The quantitative estimate of drug-likeness (QED) is 0.239. The van der Waals surface area contributed by atoms with E-state index >= 15 is 0 Å². The van der Waals surface area contributed by atoms with Crippen molar-refractivity contribution in [3.8, 4) is 11.1 Å². The number of ketones is 1. The van der Waals surface area contributed by atoms with Gasteiger partial charge in [-0.05, 0) is 92.5 Å². The summed E-state index contributed by atoms with van der Waals surface area (Å²) in [7, 11) is 0. The van der Waals surface area contributed by atoms with Crippen LogP contribution in [-0.4, -0.2) is 46.7 Å². The number of rotatable bonds is 5. The molecule has 1 spiro atoms. The van der Waals surface area contributed by atoms with E-state index in [9.17, 15) is 14.7 Å². The number of carbonyl (C=O) groups is 2. The smallest absolute Gasteiger partial charge is 0.410 e. The summed E-state index contributed by atoms with van der Waals surface area (Å²) in [6, 6.07) is 24.3. The van der Waals surface area contributed by atoms with E-state index in [1.54, 1.807) is 0 Å². The second kappa shape index (κ2) is 12.4. The molecule has 3 aromatic rings. The molecular weight excluding hydrogens is 546 g/mol. The number of benzene rings is 3. The number of amides is 1. The molecule has 7 rings (SSSR count). The number of aliphatic hydroxyl groups excluding tert-OH is 1. The van der Waals surface area contributed by atoms with Crippen LogP contribution < -0.4 is 0 Å². The zero-order valence-electron chi connectivity index (χ0n) is 26.4. The summed E-state index contributed by atoms with van der Waals surface area (Å²) in [6.07, 6.45) is 7.89. The maximum absolute atomic E-state index is 14.4. The van der Waals surface area contributed by atoms with E-state index < -0.39 is 11.7 Å². The molecule has 1 heterocycles. The molecule has 3 aliphatic carbocycles. The first-order valence-corrected chi connectivity index (χ1v) is 16.4. The van der Waals surface area contributed by atoms with Gasteiger partial charge in [-0.3, -0.25) is 4.79 Å². The van der Waals surface area contributed by atoms with Crippen molar-refractivity contribution in [2.24, 2.45) is 5.41 Å². The van der Waals surface area contributed by atoms with Crippen LogP contribution in [0.25, 0.3) is 11.1 Å². The van der Waals surface area contributed by atoms with Crippen molar-refractivity contribution in [1.29, 1.82) is 0 Å². The number of fused-ring (bicyclic) bond motifs is 8. The van der Waals surface area contributed by atoms with Crippen LogP contribution in [0.5, 0.6) is 0 Å². The Balaban J connectivity index is 1.43. The number of hydrogen-bond acceptors (Lipinski definition) is 4. The topological polar surface area (TPSA) is 66.8 Å². The molecule has 4 atom stereocenters. The highest BCUT2D eigenvalue weighted by Gasteiger charge is 2.63. The van der Waals surface area contributed by atoms with Gasteiger partial charge in [0.1, 0.15) is 5.60 Å². The van der Waals surface area contributed by atoms with Crippen molar-refractivity contribution in [2.45, 2.75) is 89.8 Å². The van der Waals surface area contributed by atoms with Crippen LogP contribution in [0, 0.1) is 5.41 Å². The van der Waals surface area contributed by atoms with Gasteiger partial charge in [0.05, 0.1) is 12.6 Å². The molecule has 0 radical (unpaired) electrons. The van der Waals surface area contributed by atoms with Crippen LogP contribution in [-0.2, 0) is 11.2 Å². The first-order chi connectivity index (χ1) is 21.2. The maximum Gasteiger partial charge on any atom is 0.410 e. The molecule has 5 nitrogen and oxygen atoms in total. The number of ether oxygens (including phenoxy) is 1. The average molecular weight is 592 g/mol. The second-order valence-electron chi connectivity index (χ2n) is 13.5. The number of hydrogen-bond donors (Lipinski definition) is 1. The molecule has 0 aromatic heterocycles. The van der Waals surface area contributed by atoms with Crippen LogP contribution >= 0.6 is 0 Å². The Morgan fingerprint density at radius 3 is 2.50 bits per heavy atom. The monoisotopic (exact) mass is 591 g/mol. The SMILES string of the molecule is CCCN1C[C@@]2(CC[C@H]3c4ccc(cc4C(=O)c4ccc(-c5ccccc5)cc4)C[C@@H](O)CCC(C)=CCC[C@@]32C)OC1=O. The predicted octanol–water partition coefficient (Wildman–Crippen LogP) is 8.49. The van der Waals surface area contributed by atoms with Crippen molar-refractivity contribution in [3.05, 3.63) is 107 Å². The minimum Gasteiger partial charge on any atom is -0.440 e. The third-order valence-corrected chi connectivity index (χ3v) is 10.6. The van der Waals surface area contributed by atoms with Crippen molar-refractivity contribution in [1.82, 2.24) is 4.90 Å². The molecule has 1 N–H and O–H groups in total. The molecule has 230 valence electrons. The van der Waals surface area contributed by atoms with Crippen molar-refractivity contribution in [3.63, 3.8) is 0 Å². The summed E-state index contributed by atoms with van der Waals surface area (Å²) < 4.78 is 6.38. The highest BCUT2D eigenvalue weighted by molar-refractivity contribution is 6.10. The highest BCUT2D eigenvalue weighted by atomic mass is 16.6. The fourth-order valence-electron chi connectivity index (χ4n) is 8.02. The Morgan fingerprint density at radius 2 is 1.75 bits per heavy atom. The molecule has 1 aliphatic heterocycles. The average Bonchev–Trinajstić information content (AvgIpc) is 3.50. The fourth-order valence-corrected chi connectivity index (χ4v) is 8.02. The lowest BCUT2D eigenvalue weighted by Crippen LogP contribution is -2.48. The summed E-state index contributed by atoms with van der Waals surface area (Å²) in [5.74, 6) is 0.0492. The zero-order valence-corrected chi connectivity index (χ0v) is 26.4. The van der Waals surface area contributed by atoms with Gasteiger partial charge in [0.2, 0.25) is 0 Å². The number of aliphatic hydroxyl groups is 1. The van der Waals surface area contributed by atoms with E-state index in [0.717, 1.165) is 60.8 Å². The van der Waals surface area contributed by atoms with Gasteiger partial charge in [0, 0.05) is 23.1 Å². The van der Waals surface area contributed by atoms with Gasteiger partial charge in [-0.1, -0.05) is 92.2 Å². The van der Waals surface area contributed by atoms with Gasteiger partial charge in [0.15, 0.2) is 5.78 Å². The van der Waals surface area contributed by atoms with Crippen LogP contribution in [0.15, 0.2) is 84.4 Å². The normalized spacial score (nSPS) is 27.1. The number of carbonyl (C=O) groups excluding carboxylic acids is 2. The van der Waals surface area contributed by atoms with E-state index in [4.69, 9.17) is 4.74 Å². The summed E-state index contributed by atoms with van der Waals surface area (Å²) in [6.45, 7) is 7.83. The Hall–Kier alpha value is -3.70. The van der Waals surface area contributed by atoms with E-state index in [0.29, 0.717) is 37.1 Å². The van der Waals surface area contributed by atoms with Gasteiger partial charge < -0.3 is 14.7 Å². The highest BCUT2D eigenvalue weighted by Crippen LogP contribution is 2.61. The van der Waals surface area contributed by atoms with Gasteiger partial charge >= 0.3 is 6.09 Å². The number of nitrogens with zero attached hydrogens (tertiary/aromatic N) is 1. The molecule has 2 fully saturated rings. The molecule has 4 aliphatic rings. The predicted molar refractivity (Wildman–Crippen MR) is 175 cm³/mol. The Kier molecular flexibility index (Phi) is 8.52. The van der Waals surface area contributed by atoms with E-state index in [1.807, 2.05) is 53.4 Å². The van der Waals surface area contributed by atoms with Crippen molar-refractivity contribution >= 4 is 11.9 Å². The van der Waals surface area contributed by atoms with Gasteiger partial charge in [0.25, 0.3) is 0 Å². The summed E-state index contributed by atoms with van der Waals surface area (Å²) in [5, 5.41) is 10.9. The number of allylic oxidation sites excluding steroid dienone is 2. The Labute approximate surface area is 261 Å². The van der Waals surface area contributed by atoms with Crippen LogP contribution in [0.1, 0.15) is 98.7 Å².